The number of ether oxygens (including phenoxy) is 3. The van der Waals surface area contributed by atoms with E-state index in [2.05, 4.69) is 9.97 Å². The molecule has 1 aromatic heterocycles. The average molecular weight is 276 g/mol. The third-order valence-electron chi connectivity index (χ3n) is 2.86. The van der Waals surface area contributed by atoms with Crippen LogP contribution in [0.1, 0.15) is 0 Å². The fraction of sp³-hybridized carbons (Fsp3) is 0.231. The van der Waals surface area contributed by atoms with E-state index in [9.17, 15) is 0 Å². The molecule has 7 heteroatoms. The van der Waals surface area contributed by atoms with E-state index in [0.29, 0.717) is 28.4 Å². The molecule has 0 atom stereocenters. The Hall–Kier alpha value is -2.70. The van der Waals surface area contributed by atoms with Gasteiger partial charge in [-0.1, -0.05) is 0 Å². The third-order valence-corrected chi connectivity index (χ3v) is 2.86. The lowest BCUT2D eigenvalue weighted by Gasteiger charge is -2.15. The number of methoxy groups -OCH3 is 3. The molecular formula is C13H16N4O3. The van der Waals surface area contributed by atoms with Gasteiger partial charge in [0.05, 0.1) is 26.9 Å². The summed E-state index contributed by atoms with van der Waals surface area (Å²) in [5, 5.41) is 0. The molecule has 0 spiro atoms. The number of hydrogen-bond donors (Lipinski definition) is 2. The van der Waals surface area contributed by atoms with Crippen LogP contribution in [0.5, 0.6) is 17.2 Å². The first-order chi connectivity index (χ1) is 9.62. The summed E-state index contributed by atoms with van der Waals surface area (Å²) in [5.41, 5.74) is 13.0. The minimum absolute atomic E-state index is 0.284. The monoisotopic (exact) mass is 276 g/mol. The summed E-state index contributed by atoms with van der Waals surface area (Å²) in [4.78, 5) is 7.89. The van der Waals surface area contributed by atoms with Crippen LogP contribution in [0.3, 0.4) is 0 Å². The van der Waals surface area contributed by atoms with E-state index in [1.54, 1.807) is 12.1 Å². The van der Waals surface area contributed by atoms with E-state index in [1.165, 1.54) is 27.7 Å². The molecule has 0 bridgehead atoms. The molecule has 1 heterocycles. The summed E-state index contributed by atoms with van der Waals surface area (Å²) >= 11 is 0. The van der Waals surface area contributed by atoms with Gasteiger partial charge < -0.3 is 25.7 Å². The summed E-state index contributed by atoms with van der Waals surface area (Å²) in [5.74, 6) is 2.07. The van der Waals surface area contributed by atoms with Crippen LogP contribution in [0.15, 0.2) is 18.5 Å². The van der Waals surface area contributed by atoms with E-state index in [-0.39, 0.29) is 11.6 Å². The summed E-state index contributed by atoms with van der Waals surface area (Å²) in [6, 6.07) is 3.49. The zero-order chi connectivity index (χ0) is 14.7. The van der Waals surface area contributed by atoms with Gasteiger partial charge in [-0.3, -0.25) is 0 Å². The van der Waals surface area contributed by atoms with E-state index < -0.39 is 0 Å². The van der Waals surface area contributed by atoms with Gasteiger partial charge in [0.25, 0.3) is 0 Å². The van der Waals surface area contributed by atoms with Crippen LogP contribution < -0.4 is 25.7 Å². The fourth-order valence-electron chi connectivity index (χ4n) is 1.93. The molecule has 0 saturated heterocycles. The minimum atomic E-state index is 0.284. The number of benzene rings is 1. The van der Waals surface area contributed by atoms with Gasteiger partial charge >= 0.3 is 0 Å². The number of hydrogen-bond acceptors (Lipinski definition) is 7. The van der Waals surface area contributed by atoms with E-state index in [4.69, 9.17) is 25.7 Å². The van der Waals surface area contributed by atoms with Crippen molar-refractivity contribution in [2.24, 2.45) is 0 Å². The topological polar surface area (TPSA) is 106 Å². The molecule has 106 valence electrons. The van der Waals surface area contributed by atoms with E-state index >= 15 is 0 Å². The predicted molar refractivity (Wildman–Crippen MR) is 75.9 cm³/mol. The molecule has 4 N–H and O–H groups in total. The molecule has 0 aliphatic heterocycles. The lowest BCUT2D eigenvalue weighted by Crippen LogP contribution is -2.02. The zero-order valence-corrected chi connectivity index (χ0v) is 11.5. The maximum absolute atomic E-state index is 5.86. The molecule has 0 unspecified atom stereocenters. The highest BCUT2D eigenvalue weighted by Crippen LogP contribution is 2.42. The maximum Gasteiger partial charge on any atom is 0.203 e. The number of nitrogens with two attached hydrogens (primary N) is 2. The Labute approximate surface area is 116 Å². The lowest BCUT2D eigenvalue weighted by molar-refractivity contribution is 0.324. The zero-order valence-electron chi connectivity index (χ0n) is 11.5. The largest absolute Gasteiger partial charge is 0.493 e. The van der Waals surface area contributed by atoms with Gasteiger partial charge in [-0.05, 0) is 17.7 Å². The quantitative estimate of drug-likeness (QED) is 0.867. The molecule has 2 aromatic rings. The maximum atomic E-state index is 5.86. The highest BCUT2D eigenvalue weighted by molar-refractivity contribution is 5.84. The van der Waals surface area contributed by atoms with Gasteiger partial charge in [-0.15, -0.1) is 0 Å². The summed E-state index contributed by atoms with van der Waals surface area (Å²) in [6.45, 7) is 0. The molecule has 0 aliphatic rings. The van der Waals surface area contributed by atoms with Crippen molar-refractivity contribution in [3.63, 3.8) is 0 Å². The first kappa shape index (κ1) is 13.7. The molecule has 0 saturated carbocycles. The average Bonchev–Trinajstić information content (AvgIpc) is 2.45. The molecule has 0 aliphatic carbocycles. The van der Waals surface area contributed by atoms with E-state index in [0.717, 1.165) is 0 Å². The van der Waals surface area contributed by atoms with Crippen molar-refractivity contribution in [3.05, 3.63) is 18.5 Å². The molecular weight excluding hydrogens is 260 g/mol. The first-order valence-corrected chi connectivity index (χ1v) is 5.78. The molecule has 0 fully saturated rings. The highest BCUT2D eigenvalue weighted by Gasteiger charge is 2.17. The Bertz CT molecular complexity index is 586. The van der Waals surface area contributed by atoms with Gasteiger partial charge in [0, 0.05) is 0 Å². The number of nitrogens with zero attached hydrogens (tertiary/aromatic N) is 2. The van der Waals surface area contributed by atoms with Crippen LogP contribution in [0.4, 0.5) is 11.6 Å². The normalized spacial score (nSPS) is 10.2. The van der Waals surface area contributed by atoms with Crippen LogP contribution in [0.25, 0.3) is 11.1 Å². The minimum Gasteiger partial charge on any atom is -0.493 e. The predicted octanol–water partition coefficient (Wildman–Crippen LogP) is 1.33. The van der Waals surface area contributed by atoms with Crippen molar-refractivity contribution in [2.75, 3.05) is 32.8 Å². The SMILES string of the molecule is COc1cc(-c2c(N)ncnc2N)cc(OC)c1OC. The van der Waals surface area contributed by atoms with Crippen molar-refractivity contribution in [1.82, 2.24) is 9.97 Å². The smallest absolute Gasteiger partial charge is 0.203 e. The van der Waals surface area contributed by atoms with Gasteiger partial charge in [-0.2, -0.15) is 0 Å². The van der Waals surface area contributed by atoms with Crippen LogP contribution in [0, 0.1) is 0 Å². The standard InChI is InChI=1S/C13H16N4O3/c1-18-8-4-7(5-9(19-2)11(8)20-3)10-12(14)16-6-17-13(10)15/h4-6H,1-3H3,(H4,14,15,16,17). The van der Waals surface area contributed by atoms with Crippen molar-refractivity contribution >= 4 is 11.6 Å². The third kappa shape index (κ3) is 2.25. The van der Waals surface area contributed by atoms with Crippen LogP contribution in [-0.2, 0) is 0 Å². The molecule has 1 aromatic carbocycles. The van der Waals surface area contributed by atoms with Crippen LogP contribution in [0.2, 0.25) is 0 Å². The molecule has 0 radical (unpaired) electrons. The second-order valence-corrected chi connectivity index (χ2v) is 3.93. The Kier molecular flexibility index (Phi) is 3.79. The second-order valence-electron chi connectivity index (χ2n) is 3.93. The number of rotatable bonds is 4. The highest BCUT2D eigenvalue weighted by atomic mass is 16.5. The molecule has 7 nitrogen and oxygen atoms in total. The van der Waals surface area contributed by atoms with Crippen LogP contribution in [-0.4, -0.2) is 31.3 Å². The molecule has 0 amide bonds. The summed E-state index contributed by atoms with van der Waals surface area (Å²) in [6.07, 6.45) is 1.31. The fourth-order valence-corrected chi connectivity index (χ4v) is 1.93. The molecule has 2 rings (SSSR count). The Morgan fingerprint density at radius 1 is 0.850 bits per heavy atom. The summed E-state index contributed by atoms with van der Waals surface area (Å²) < 4.78 is 15.9. The Balaban J connectivity index is 2.69. The van der Waals surface area contributed by atoms with Crippen molar-refractivity contribution < 1.29 is 14.2 Å². The van der Waals surface area contributed by atoms with Crippen molar-refractivity contribution in [1.29, 1.82) is 0 Å². The Morgan fingerprint density at radius 2 is 1.35 bits per heavy atom. The van der Waals surface area contributed by atoms with Gasteiger partial charge in [-0.25, -0.2) is 9.97 Å². The second kappa shape index (κ2) is 5.52. The van der Waals surface area contributed by atoms with Gasteiger partial charge in [0.15, 0.2) is 11.5 Å². The first-order valence-electron chi connectivity index (χ1n) is 5.78. The molecule has 20 heavy (non-hydrogen) atoms. The Morgan fingerprint density at radius 3 is 1.75 bits per heavy atom. The number of aromatic nitrogens is 2. The van der Waals surface area contributed by atoms with E-state index in [1.807, 2.05) is 0 Å². The number of anilines is 2. The van der Waals surface area contributed by atoms with Crippen LogP contribution >= 0.6 is 0 Å². The van der Waals surface area contributed by atoms with Crippen molar-refractivity contribution in [3.8, 4) is 28.4 Å². The summed E-state index contributed by atoms with van der Waals surface area (Å²) in [7, 11) is 4.61. The lowest BCUT2D eigenvalue weighted by atomic mass is 10.1. The number of nitrogen functional groups attached to an aromatic ring is 2. The van der Waals surface area contributed by atoms with Gasteiger partial charge in [0.2, 0.25) is 5.75 Å². The van der Waals surface area contributed by atoms with Gasteiger partial charge in [0.1, 0.15) is 18.0 Å². The van der Waals surface area contributed by atoms with Crippen molar-refractivity contribution in [2.45, 2.75) is 0 Å².